The molecule has 4 heteroatoms. The second kappa shape index (κ2) is 9.92. The second-order valence-electron chi connectivity index (χ2n) is 4.91. The molecule has 0 amide bonds. The Hall–Kier alpha value is -1.08. The van der Waals surface area contributed by atoms with Gasteiger partial charge in [0.05, 0.1) is 0 Å². The van der Waals surface area contributed by atoms with E-state index in [1.54, 1.807) is 0 Å². The van der Waals surface area contributed by atoms with Gasteiger partial charge in [-0.25, -0.2) is 0 Å². The van der Waals surface area contributed by atoms with Crippen molar-refractivity contribution in [2.45, 2.75) is 25.6 Å². The van der Waals surface area contributed by atoms with Gasteiger partial charge in [0.2, 0.25) is 0 Å². The van der Waals surface area contributed by atoms with Crippen LogP contribution in [0.5, 0.6) is 0 Å². The number of hydrogen-bond acceptors (Lipinski definition) is 2. The van der Waals surface area contributed by atoms with Crippen molar-refractivity contribution in [1.29, 1.82) is 0 Å². The molecule has 2 aromatic carbocycles. The fourth-order valence-corrected chi connectivity index (χ4v) is 3.56. The number of benzene rings is 2. The first-order valence-corrected chi connectivity index (χ1v) is 9.97. The first-order valence-electron chi connectivity index (χ1n) is 7.46. The van der Waals surface area contributed by atoms with Crippen molar-refractivity contribution in [1.82, 2.24) is 0 Å². The predicted octanol–water partition coefficient (Wildman–Crippen LogP) is 3.27. The summed E-state index contributed by atoms with van der Waals surface area (Å²) in [6, 6.07) is 17.9. The van der Waals surface area contributed by atoms with Gasteiger partial charge in [0.25, 0.3) is 0 Å². The Morgan fingerprint density at radius 2 is 1.83 bits per heavy atom. The Labute approximate surface area is 152 Å². The quantitative estimate of drug-likeness (QED) is 0.555. The summed E-state index contributed by atoms with van der Waals surface area (Å²) in [5.74, 6) is 3.17. The summed E-state index contributed by atoms with van der Waals surface area (Å²) in [4.78, 5) is 3.22. The Morgan fingerprint density at radius 3 is 2.48 bits per heavy atom. The molecule has 2 atom stereocenters. The summed E-state index contributed by atoms with van der Waals surface area (Å²) < 4.78 is 7.91. The second-order valence-corrected chi connectivity index (χ2v) is 7.67. The fourth-order valence-electron chi connectivity index (χ4n) is 2.04. The average molecular weight is 438 g/mol. The minimum absolute atomic E-state index is 0.110. The molecule has 0 aromatic heterocycles. The monoisotopic (exact) mass is 438 g/mol. The van der Waals surface area contributed by atoms with Crippen LogP contribution in [0.2, 0.25) is 0 Å². The number of aliphatic hydroxyl groups excluding tert-OH is 1. The van der Waals surface area contributed by atoms with E-state index in [-0.39, 0.29) is 21.1 Å². The van der Waals surface area contributed by atoms with E-state index in [0.29, 0.717) is 13.0 Å². The van der Waals surface area contributed by atoms with Gasteiger partial charge in [-0.3, -0.25) is 0 Å². The van der Waals surface area contributed by atoms with Crippen molar-refractivity contribution in [2.24, 2.45) is 0 Å². The molecule has 0 radical (unpaired) electrons. The first-order chi connectivity index (χ1) is 11.2. The van der Waals surface area contributed by atoms with Gasteiger partial charge in [0.15, 0.2) is 0 Å². The van der Waals surface area contributed by atoms with Crippen LogP contribution < -0.4 is 4.46 Å². The number of hydrogen-bond donors (Lipinski definition) is 1. The standard InChI is InChI=1S/C19H19BrO2Se/c1-2-22-17(12-13-23-18-6-4-3-5-7-18)14-19(21)15-8-10-16(20)11-9-15/h3-11,17,19,21H,2,14H2,1H3/t17-,19-/m0/s1. The van der Waals surface area contributed by atoms with Crippen LogP contribution in [0.1, 0.15) is 25.0 Å². The minimum atomic E-state index is -0.571. The Balaban J connectivity index is 1.96. The molecular formula is C19H19BrO2Se. The molecule has 0 fully saturated rings. The summed E-state index contributed by atoms with van der Waals surface area (Å²) in [5, 5.41) is 10.4. The average Bonchev–Trinajstić information content (AvgIpc) is 2.56. The first kappa shape index (κ1) is 18.3. The Kier molecular flexibility index (Phi) is 7.88. The van der Waals surface area contributed by atoms with Gasteiger partial charge in [-0.2, -0.15) is 0 Å². The molecule has 0 aliphatic heterocycles. The molecule has 0 saturated carbocycles. The molecule has 2 nitrogen and oxygen atoms in total. The predicted molar refractivity (Wildman–Crippen MR) is 98.7 cm³/mol. The summed E-state index contributed by atoms with van der Waals surface area (Å²) >= 11 is 3.51. The Morgan fingerprint density at radius 1 is 1.13 bits per heavy atom. The summed E-state index contributed by atoms with van der Waals surface area (Å²) in [7, 11) is 0. The number of aliphatic hydroxyl groups is 1. The summed E-state index contributed by atoms with van der Waals surface area (Å²) in [6.45, 7) is 2.54. The zero-order chi connectivity index (χ0) is 16.5. The van der Waals surface area contributed by atoms with Crippen molar-refractivity contribution in [3.63, 3.8) is 0 Å². The molecule has 1 N–H and O–H groups in total. The van der Waals surface area contributed by atoms with Gasteiger partial charge in [-0.05, 0) is 0 Å². The Bertz CT molecular complexity index is 647. The van der Waals surface area contributed by atoms with Gasteiger partial charge in [-0.1, -0.05) is 0 Å². The van der Waals surface area contributed by atoms with Crippen molar-refractivity contribution in [3.05, 3.63) is 64.6 Å². The molecule has 0 spiro atoms. The molecule has 0 heterocycles. The number of ether oxygens (including phenoxy) is 1. The van der Waals surface area contributed by atoms with Gasteiger partial charge >= 0.3 is 153 Å². The van der Waals surface area contributed by atoms with Crippen LogP contribution in [-0.4, -0.2) is 32.8 Å². The fraction of sp³-hybridized carbons (Fsp3) is 0.263. The zero-order valence-corrected chi connectivity index (χ0v) is 16.2. The SMILES string of the molecule is CCO[C@@H](C#C[Se]c1ccccc1)C[C@H](O)c1ccc(Br)cc1. The van der Waals surface area contributed by atoms with E-state index in [1.165, 1.54) is 4.46 Å². The molecule has 0 aliphatic carbocycles. The van der Waals surface area contributed by atoms with Crippen LogP contribution in [0.4, 0.5) is 0 Å². The van der Waals surface area contributed by atoms with Gasteiger partial charge < -0.3 is 0 Å². The van der Waals surface area contributed by atoms with E-state index in [4.69, 9.17) is 4.74 Å². The summed E-state index contributed by atoms with van der Waals surface area (Å²) in [5.41, 5.74) is 0.883. The molecule has 0 aliphatic rings. The molecule has 0 bridgehead atoms. The van der Waals surface area contributed by atoms with Crippen LogP contribution in [-0.2, 0) is 4.74 Å². The molecular weight excluding hydrogens is 419 g/mol. The third kappa shape index (κ3) is 6.51. The van der Waals surface area contributed by atoms with Gasteiger partial charge in [0, 0.05) is 0 Å². The van der Waals surface area contributed by atoms with Gasteiger partial charge in [-0.15, -0.1) is 0 Å². The topological polar surface area (TPSA) is 29.5 Å². The molecule has 120 valence electrons. The van der Waals surface area contributed by atoms with E-state index in [2.05, 4.69) is 38.8 Å². The van der Waals surface area contributed by atoms with Crippen molar-refractivity contribution in [2.75, 3.05) is 6.61 Å². The van der Waals surface area contributed by atoms with Crippen LogP contribution in [0, 0.1) is 10.7 Å². The zero-order valence-electron chi connectivity index (χ0n) is 12.9. The van der Waals surface area contributed by atoms with Crippen molar-refractivity contribution < 1.29 is 9.84 Å². The van der Waals surface area contributed by atoms with E-state index < -0.39 is 6.10 Å². The molecule has 2 aromatic rings. The summed E-state index contributed by atoms with van der Waals surface area (Å²) in [6.07, 6.45) is -0.338. The van der Waals surface area contributed by atoms with E-state index in [1.807, 2.05) is 49.4 Å². The van der Waals surface area contributed by atoms with E-state index in [9.17, 15) is 5.11 Å². The van der Waals surface area contributed by atoms with Gasteiger partial charge in [0.1, 0.15) is 0 Å². The normalized spacial score (nSPS) is 13.0. The van der Waals surface area contributed by atoms with E-state index >= 15 is 0 Å². The molecule has 2 rings (SSSR count). The van der Waals surface area contributed by atoms with Crippen molar-refractivity contribution >= 4 is 35.3 Å². The van der Waals surface area contributed by atoms with Crippen LogP contribution in [0.3, 0.4) is 0 Å². The maximum atomic E-state index is 10.4. The number of rotatable bonds is 6. The molecule has 0 unspecified atom stereocenters. The third-order valence-corrected chi connectivity index (χ3v) is 5.25. The molecule has 23 heavy (non-hydrogen) atoms. The van der Waals surface area contributed by atoms with Crippen LogP contribution >= 0.6 is 15.9 Å². The third-order valence-electron chi connectivity index (χ3n) is 3.19. The van der Waals surface area contributed by atoms with Crippen LogP contribution in [0.25, 0.3) is 0 Å². The van der Waals surface area contributed by atoms with E-state index in [0.717, 1.165) is 10.0 Å². The van der Waals surface area contributed by atoms with Crippen LogP contribution in [0.15, 0.2) is 59.1 Å². The number of halogens is 1. The molecule has 0 saturated heterocycles. The van der Waals surface area contributed by atoms with Crippen molar-refractivity contribution in [3.8, 4) is 10.7 Å². The maximum absolute atomic E-state index is 10.4.